The fourth-order valence-electron chi connectivity index (χ4n) is 1.69. The number of esters is 1. The van der Waals surface area contributed by atoms with Crippen LogP contribution >= 0.6 is 0 Å². The highest BCUT2D eigenvalue weighted by molar-refractivity contribution is 5.72. The van der Waals surface area contributed by atoms with Crippen molar-refractivity contribution < 1.29 is 9.53 Å². The Morgan fingerprint density at radius 3 is 2.24 bits per heavy atom. The van der Waals surface area contributed by atoms with Crippen molar-refractivity contribution in [3.8, 4) is 0 Å². The average Bonchev–Trinajstić information content (AvgIpc) is 2.27. The molecule has 0 amide bonds. The Morgan fingerprint density at radius 1 is 1.24 bits per heavy atom. The molecular formula is C15H30O2. The highest BCUT2D eigenvalue weighted by Gasteiger charge is 2.28. The molecule has 0 saturated carbocycles. The van der Waals surface area contributed by atoms with Gasteiger partial charge >= 0.3 is 5.97 Å². The van der Waals surface area contributed by atoms with Gasteiger partial charge in [0.05, 0.1) is 5.92 Å². The molecule has 0 rings (SSSR count). The maximum absolute atomic E-state index is 11.8. The molecule has 0 saturated heterocycles. The maximum Gasteiger partial charge on any atom is 0.309 e. The first-order valence-corrected chi connectivity index (χ1v) is 7.07. The molecule has 0 aromatic heterocycles. The Morgan fingerprint density at radius 2 is 1.82 bits per heavy atom. The number of carbonyl (C=O) groups excluding carboxylic acids is 1. The third-order valence-electron chi connectivity index (χ3n) is 3.60. The van der Waals surface area contributed by atoms with Crippen LogP contribution in [0, 0.1) is 11.8 Å². The monoisotopic (exact) mass is 242 g/mol. The highest BCUT2D eigenvalue weighted by Crippen LogP contribution is 2.25. The lowest BCUT2D eigenvalue weighted by Crippen LogP contribution is -2.33. The van der Waals surface area contributed by atoms with Crippen LogP contribution < -0.4 is 0 Å². The van der Waals surface area contributed by atoms with Gasteiger partial charge in [0.2, 0.25) is 0 Å². The first-order valence-electron chi connectivity index (χ1n) is 7.07. The zero-order chi connectivity index (χ0) is 13.5. The molecule has 0 aromatic rings. The quantitative estimate of drug-likeness (QED) is 0.583. The van der Waals surface area contributed by atoms with E-state index < -0.39 is 0 Å². The van der Waals surface area contributed by atoms with E-state index in [0.717, 1.165) is 31.6 Å². The minimum Gasteiger partial charge on any atom is -0.459 e. The van der Waals surface area contributed by atoms with E-state index in [1.807, 2.05) is 13.8 Å². The van der Waals surface area contributed by atoms with E-state index in [1.54, 1.807) is 0 Å². The molecule has 0 N–H and O–H groups in total. The summed E-state index contributed by atoms with van der Waals surface area (Å²) in [4.78, 5) is 11.8. The van der Waals surface area contributed by atoms with Crippen LogP contribution in [0.25, 0.3) is 0 Å². The van der Waals surface area contributed by atoms with Crippen LogP contribution in [0.2, 0.25) is 0 Å². The third-order valence-corrected chi connectivity index (χ3v) is 3.60. The van der Waals surface area contributed by atoms with E-state index in [0.29, 0.717) is 0 Å². The lowest BCUT2D eigenvalue weighted by Gasteiger charge is -2.30. The highest BCUT2D eigenvalue weighted by atomic mass is 16.6. The molecule has 0 spiro atoms. The van der Waals surface area contributed by atoms with Gasteiger partial charge in [0.25, 0.3) is 0 Å². The van der Waals surface area contributed by atoms with Crippen LogP contribution in [-0.2, 0) is 9.53 Å². The third kappa shape index (κ3) is 6.70. The summed E-state index contributed by atoms with van der Waals surface area (Å²) in [6.07, 6.45) is 5.06. The molecule has 2 atom stereocenters. The topological polar surface area (TPSA) is 26.3 Å². The first-order chi connectivity index (χ1) is 7.84. The van der Waals surface area contributed by atoms with Gasteiger partial charge in [-0.25, -0.2) is 0 Å². The molecule has 0 fully saturated rings. The Labute approximate surface area is 107 Å². The summed E-state index contributed by atoms with van der Waals surface area (Å²) < 4.78 is 5.68. The van der Waals surface area contributed by atoms with Crippen LogP contribution in [0.15, 0.2) is 0 Å². The average molecular weight is 242 g/mol. The summed E-state index contributed by atoms with van der Waals surface area (Å²) in [6.45, 7) is 12.6. The smallest absolute Gasteiger partial charge is 0.309 e. The zero-order valence-electron chi connectivity index (χ0n) is 12.5. The van der Waals surface area contributed by atoms with Crippen molar-refractivity contribution in [1.29, 1.82) is 0 Å². The summed E-state index contributed by atoms with van der Waals surface area (Å²) in [5, 5.41) is 0. The standard InChI is InChI=1S/C15H30O2/c1-7-13(5)14(16)17-15(6,8-2)11-9-10-12(3)4/h12-13H,7-11H2,1-6H3. The van der Waals surface area contributed by atoms with Crippen LogP contribution in [0.5, 0.6) is 0 Å². The predicted molar refractivity (Wildman–Crippen MR) is 72.9 cm³/mol. The van der Waals surface area contributed by atoms with Crippen molar-refractivity contribution >= 4 is 5.97 Å². The van der Waals surface area contributed by atoms with Crippen molar-refractivity contribution in [3.63, 3.8) is 0 Å². The van der Waals surface area contributed by atoms with Crippen molar-refractivity contribution in [2.75, 3.05) is 0 Å². The molecule has 2 heteroatoms. The van der Waals surface area contributed by atoms with Gasteiger partial charge in [-0.05, 0) is 38.5 Å². The molecule has 0 aliphatic rings. The minimum absolute atomic E-state index is 0.0194. The lowest BCUT2D eigenvalue weighted by molar-refractivity contribution is -0.164. The molecule has 0 aliphatic carbocycles. The van der Waals surface area contributed by atoms with Gasteiger partial charge in [0.15, 0.2) is 0 Å². The van der Waals surface area contributed by atoms with Crippen molar-refractivity contribution in [2.24, 2.45) is 11.8 Å². The molecule has 0 bridgehead atoms. The number of hydrogen-bond acceptors (Lipinski definition) is 2. The molecule has 17 heavy (non-hydrogen) atoms. The first kappa shape index (κ1) is 16.5. The van der Waals surface area contributed by atoms with Gasteiger partial charge in [0, 0.05) is 0 Å². The fourth-order valence-corrected chi connectivity index (χ4v) is 1.69. The second-order valence-corrected chi connectivity index (χ2v) is 5.82. The SMILES string of the molecule is CCC(C)C(=O)OC(C)(CC)CCCC(C)C. The molecule has 102 valence electrons. The largest absolute Gasteiger partial charge is 0.459 e. The molecule has 0 radical (unpaired) electrons. The van der Waals surface area contributed by atoms with Crippen LogP contribution in [-0.4, -0.2) is 11.6 Å². The van der Waals surface area contributed by atoms with E-state index in [-0.39, 0.29) is 17.5 Å². The van der Waals surface area contributed by atoms with Crippen LogP contribution in [0.3, 0.4) is 0 Å². The van der Waals surface area contributed by atoms with Crippen molar-refractivity contribution in [1.82, 2.24) is 0 Å². The van der Waals surface area contributed by atoms with E-state index >= 15 is 0 Å². The Bertz CT molecular complexity index is 223. The fraction of sp³-hybridized carbons (Fsp3) is 0.933. The van der Waals surface area contributed by atoms with Gasteiger partial charge in [0.1, 0.15) is 5.60 Å². The molecule has 0 heterocycles. The number of ether oxygens (including phenoxy) is 1. The van der Waals surface area contributed by atoms with E-state index in [4.69, 9.17) is 4.74 Å². The van der Waals surface area contributed by atoms with E-state index in [1.165, 1.54) is 6.42 Å². The number of carbonyl (C=O) groups is 1. The summed E-state index contributed by atoms with van der Waals surface area (Å²) >= 11 is 0. The van der Waals surface area contributed by atoms with Gasteiger partial charge in [-0.2, -0.15) is 0 Å². The molecule has 2 nitrogen and oxygen atoms in total. The van der Waals surface area contributed by atoms with Gasteiger partial charge in [-0.3, -0.25) is 4.79 Å². The molecular weight excluding hydrogens is 212 g/mol. The second-order valence-electron chi connectivity index (χ2n) is 5.82. The summed E-state index contributed by atoms with van der Waals surface area (Å²) in [5.41, 5.74) is -0.268. The van der Waals surface area contributed by atoms with Crippen LogP contribution in [0.4, 0.5) is 0 Å². The van der Waals surface area contributed by atoms with Crippen LogP contribution in [0.1, 0.15) is 73.6 Å². The molecule has 0 aliphatic heterocycles. The normalized spacial score (nSPS) is 16.6. The number of hydrogen-bond donors (Lipinski definition) is 0. The van der Waals surface area contributed by atoms with Gasteiger partial charge in [-0.15, -0.1) is 0 Å². The predicted octanol–water partition coefficient (Wildman–Crippen LogP) is 4.57. The molecule has 2 unspecified atom stereocenters. The zero-order valence-corrected chi connectivity index (χ0v) is 12.5. The Balaban J connectivity index is 4.22. The Kier molecular flexibility index (Phi) is 7.49. The summed E-state index contributed by atoms with van der Waals surface area (Å²) in [5.74, 6) is 0.703. The lowest BCUT2D eigenvalue weighted by atomic mass is 9.93. The van der Waals surface area contributed by atoms with Crippen molar-refractivity contribution in [2.45, 2.75) is 79.2 Å². The molecule has 0 aromatic carbocycles. The second kappa shape index (κ2) is 7.73. The van der Waals surface area contributed by atoms with Crippen molar-refractivity contribution in [3.05, 3.63) is 0 Å². The van der Waals surface area contributed by atoms with E-state index in [2.05, 4.69) is 27.7 Å². The minimum atomic E-state index is -0.268. The number of rotatable bonds is 8. The van der Waals surface area contributed by atoms with Gasteiger partial charge < -0.3 is 4.74 Å². The Hall–Kier alpha value is -0.530. The summed E-state index contributed by atoms with van der Waals surface area (Å²) in [6, 6.07) is 0. The van der Waals surface area contributed by atoms with Gasteiger partial charge in [-0.1, -0.05) is 41.0 Å². The summed E-state index contributed by atoms with van der Waals surface area (Å²) in [7, 11) is 0. The maximum atomic E-state index is 11.8. The van der Waals surface area contributed by atoms with E-state index in [9.17, 15) is 4.79 Å².